The lowest BCUT2D eigenvalue weighted by molar-refractivity contribution is 1.36. The van der Waals surface area contributed by atoms with E-state index in [9.17, 15) is 0 Å². The largest absolute Gasteiger partial charge is 0.361 e. The van der Waals surface area contributed by atoms with Gasteiger partial charge in [0.05, 0.1) is 0 Å². The summed E-state index contributed by atoms with van der Waals surface area (Å²) in [5, 5.41) is 1.27. The predicted octanol–water partition coefficient (Wildman–Crippen LogP) is 4.63. The summed E-state index contributed by atoms with van der Waals surface area (Å²) >= 11 is 1.80. The Bertz CT molecular complexity index is 637. The van der Waals surface area contributed by atoms with E-state index in [-0.39, 0.29) is 0 Å². The molecule has 0 saturated heterocycles. The Morgan fingerprint density at radius 2 is 1.65 bits per heavy atom. The molecule has 0 aliphatic carbocycles. The standard InChI is InChI=1S/C15H13NS/c1-11-2-4-13(5-3-11)17-14-6-7-15-12(10-14)8-9-16-15/h2-10,16H,1H3. The number of aryl methyl sites for hydroxylation is 1. The van der Waals surface area contributed by atoms with Gasteiger partial charge in [0.25, 0.3) is 0 Å². The Hall–Kier alpha value is -1.67. The number of aromatic amines is 1. The second-order valence-corrected chi connectivity index (χ2v) is 5.29. The summed E-state index contributed by atoms with van der Waals surface area (Å²) in [6.45, 7) is 2.11. The minimum Gasteiger partial charge on any atom is -0.361 e. The Balaban J connectivity index is 1.91. The van der Waals surface area contributed by atoms with Crippen molar-refractivity contribution in [1.29, 1.82) is 0 Å². The second kappa shape index (κ2) is 4.30. The highest BCUT2D eigenvalue weighted by atomic mass is 32.2. The molecule has 3 rings (SSSR count). The molecule has 0 aliphatic heterocycles. The van der Waals surface area contributed by atoms with Crippen molar-refractivity contribution in [2.24, 2.45) is 0 Å². The normalized spacial score (nSPS) is 10.9. The number of H-pyrrole nitrogens is 1. The van der Waals surface area contributed by atoms with Crippen molar-refractivity contribution in [3.8, 4) is 0 Å². The lowest BCUT2D eigenvalue weighted by Crippen LogP contribution is -1.75. The van der Waals surface area contributed by atoms with E-state index in [0.717, 1.165) is 0 Å². The highest BCUT2D eigenvalue weighted by Crippen LogP contribution is 2.29. The molecule has 17 heavy (non-hydrogen) atoms. The molecule has 0 bridgehead atoms. The van der Waals surface area contributed by atoms with Gasteiger partial charge in [0.15, 0.2) is 0 Å². The molecule has 2 aromatic carbocycles. The number of nitrogens with one attached hydrogen (secondary N) is 1. The lowest BCUT2D eigenvalue weighted by Gasteiger charge is -2.02. The van der Waals surface area contributed by atoms with Crippen LogP contribution in [0.25, 0.3) is 10.9 Å². The number of aromatic nitrogens is 1. The first kappa shape index (κ1) is 10.5. The molecule has 1 aromatic heterocycles. The summed E-state index contributed by atoms with van der Waals surface area (Å²) in [6, 6.07) is 17.2. The van der Waals surface area contributed by atoms with Crippen LogP contribution in [0.15, 0.2) is 64.5 Å². The van der Waals surface area contributed by atoms with Gasteiger partial charge >= 0.3 is 0 Å². The molecule has 0 saturated carbocycles. The van der Waals surface area contributed by atoms with Crippen LogP contribution in [0, 0.1) is 6.92 Å². The summed E-state index contributed by atoms with van der Waals surface area (Å²) < 4.78 is 0. The first-order chi connectivity index (χ1) is 8.31. The van der Waals surface area contributed by atoms with Gasteiger partial charge in [-0.25, -0.2) is 0 Å². The van der Waals surface area contributed by atoms with Crippen molar-refractivity contribution in [1.82, 2.24) is 4.98 Å². The molecule has 84 valence electrons. The van der Waals surface area contributed by atoms with Gasteiger partial charge in [-0.1, -0.05) is 29.5 Å². The minimum absolute atomic E-state index is 1.19. The molecule has 2 heteroatoms. The van der Waals surface area contributed by atoms with E-state index >= 15 is 0 Å². The number of fused-ring (bicyclic) bond motifs is 1. The first-order valence-corrected chi connectivity index (χ1v) is 6.44. The molecule has 1 nitrogen and oxygen atoms in total. The van der Waals surface area contributed by atoms with Gasteiger partial charge in [-0.3, -0.25) is 0 Å². The molecule has 3 aromatic rings. The molecule has 0 aliphatic rings. The average molecular weight is 239 g/mol. The zero-order valence-corrected chi connectivity index (χ0v) is 10.4. The fourth-order valence-electron chi connectivity index (χ4n) is 1.84. The fraction of sp³-hybridized carbons (Fsp3) is 0.0667. The molecule has 1 heterocycles. The SMILES string of the molecule is Cc1ccc(Sc2ccc3[nH]ccc3c2)cc1. The van der Waals surface area contributed by atoms with Crippen LogP contribution >= 0.6 is 11.8 Å². The van der Waals surface area contributed by atoms with Crippen LogP contribution in [0.4, 0.5) is 0 Å². The summed E-state index contributed by atoms with van der Waals surface area (Å²) in [4.78, 5) is 5.77. The number of hydrogen-bond acceptors (Lipinski definition) is 1. The van der Waals surface area contributed by atoms with E-state index in [1.807, 2.05) is 6.20 Å². The zero-order valence-electron chi connectivity index (χ0n) is 9.60. The Morgan fingerprint density at radius 3 is 2.47 bits per heavy atom. The molecule has 1 N–H and O–H groups in total. The molecule has 0 unspecified atom stereocenters. The number of rotatable bonds is 2. The molecule has 0 fully saturated rings. The van der Waals surface area contributed by atoms with Gasteiger partial charge < -0.3 is 4.98 Å². The van der Waals surface area contributed by atoms with Crippen molar-refractivity contribution in [2.45, 2.75) is 16.7 Å². The van der Waals surface area contributed by atoms with E-state index in [0.29, 0.717) is 0 Å². The third-order valence-electron chi connectivity index (χ3n) is 2.78. The fourth-order valence-corrected chi connectivity index (χ4v) is 2.70. The van der Waals surface area contributed by atoms with Gasteiger partial charge in [0, 0.05) is 26.9 Å². The van der Waals surface area contributed by atoms with Crippen LogP contribution in [-0.4, -0.2) is 4.98 Å². The third-order valence-corrected chi connectivity index (χ3v) is 3.78. The maximum atomic E-state index is 3.21. The number of hydrogen-bond donors (Lipinski definition) is 1. The average Bonchev–Trinajstić information content (AvgIpc) is 2.79. The quantitative estimate of drug-likeness (QED) is 0.689. The zero-order chi connectivity index (χ0) is 11.7. The lowest BCUT2D eigenvalue weighted by atomic mass is 10.2. The third kappa shape index (κ3) is 2.22. The molecule has 0 spiro atoms. The molecule has 0 atom stereocenters. The van der Waals surface area contributed by atoms with E-state index in [2.05, 4.69) is 60.4 Å². The second-order valence-electron chi connectivity index (χ2n) is 4.14. The van der Waals surface area contributed by atoms with Gasteiger partial charge in [-0.2, -0.15) is 0 Å². The summed E-state index contributed by atoms with van der Waals surface area (Å²) in [5.74, 6) is 0. The van der Waals surface area contributed by atoms with Crippen LogP contribution in [0.3, 0.4) is 0 Å². The Kier molecular flexibility index (Phi) is 2.65. The highest BCUT2D eigenvalue weighted by Gasteiger charge is 1.99. The van der Waals surface area contributed by atoms with Crippen molar-refractivity contribution in [2.75, 3.05) is 0 Å². The summed E-state index contributed by atoms with van der Waals surface area (Å²) in [7, 11) is 0. The van der Waals surface area contributed by atoms with Gasteiger partial charge in [0.2, 0.25) is 0 Å². The summed E-state index contributed by atoms with van der Waals surface area (Å²) in [5.41, 5.74) is 2.49. The van der Waals surface area contributed by atoms with Gasteiger partial charge in [-0.15, -0.1) is 0 Å². The van der Waals surface area contributed by atoms with Gasteiger partial charge in [-0.05, 0) is 43.3 Å². The molecular formula is C15H13NS. The van der Waals surface area contributed by atoms with Crippen molar-refractivity contribution in [3.05, 3.63) is 60.3 Å². The first-order valence-electron chi connectivity index (χ1n) is 5.63. The van der Waals surface area contributed by atoms with Crippen molar-refractivity contribution < 1.29 is 0 Å². The summed E-state index contributed by atoms with van der Waals surface area (Å²) in [6.07, 6.45) is 1.98. The van der Waals surface area contributed by atoms with Crippen LogP contribution in [0.1, 0.15) is 5.56 Å². The maximum absolute atomic E-state index is 3.21. The van der Waals surface area contributed by atoms with E-state index in [4.69, 9.17) is 0 Å². The monoisotopic (exact) mass is 239 g/mol. The van der Waals surface area contributed by atoms with Gasteiger partial charge in [0.1, 0.15) is 0 Å². The predicted molar refractivity (Wildman–Crippen MR) is 73.6 cm³/mol. The smallest absolute Gasteiger partial charge is 0.0454 e. The van der Waals surface area contributed by atoms with Crippen LogP contribution in [0.2, 0.25) is 0 Å². The van der Waals surface area contributed by atoms with Crippen molar-refractivity contribution >= 4 is 22.7 Å². The minimum atomic E-state index is 1.19. The topological polar surface area (TPSA) is 15.8 Å². The number of benzene rings is 2. The van der Waals surface area contributed by atoms with Crippen LogP contribution < -0.4 is 0 Å². The molecular weight excluding hydrogens is 226 g/mol. The maximum Gasteiger partial charge on any atom is 0.0454 e. The molecule has 0 radical (unpaired) electrons. The van der Waals surface area contributed by atoms with Crippen molar-refractivity contribution in [3.63, 3.8) is 0 Å². The highest BCUT2D eigenvalue weighted by molar-refractivity contribution is 7.99. The van der Waals surface area contributed by atoms with Crippen LogP contribution in [-0.2, 0) is 0 Å². The van der Waals surface area contributed by atoms with E-state index in [1.165, 1.54) is 26.3 Å². The molecule has 0 amide bonds. The Morgan fingerprint density at radius 1 is 0.882 bits per heavy atom. The van der Waals surface area contributed by atoms with Crippen LogP contribution in [0.5, 0.6) is 0 Å². The Labute approximate surface area is 105 Å². The van der Waals surface area contributed by atoms with E-state index < -0.39 is 0 Å². The van der Waals surface area contributed by atoms with E-state index in [1.54, 1.807) is 11.8 Å².